The summed E-state index contributed by atoms with van der Waals surface area (Å²) >= 11 is 0. The summed E-state index contributed by atoms with van der Waals surface area (Å²) in [5.41, 5.74) is 0. The highest BCUT2D eigenvalue weighted by Crippen LogP contribution is 2.34. The minimum absolute atomic E-state index is 0.0796. The highest BCUT2D eigenvalue weighted by Gasteiger charge is 2.43. The summed E-state index contributed by atoms with van der Waals surface area (Å²) in [6, 6.07) is 0. The number of amides is 2. The Morgan fingerprint density at radius 1 is 1.10 bits per heavy atom. The van der Waals surface area contributed by atoms with Crippen LogP contribution in [0.3, 0.4) is 0 Å². The van der Waals surface area contributed by atoms with Gasteiger partial charge in [-0.3, -0.25) is 14.4 Å². The Balaban J connectivity index is 1.70. The van der Waals surface area contributed by atoms with Crippen LogP contribution in [0.4, 0.5) is 0 Å². The Kier molecular flexibility index (Phi) is 4.45. The van der Waals surface area contributed by atoms with Gasteiger partial charge >= 0.3 is 0 Å². The van der Waals surface area contributed by atoms with Crippen LogP contribution in [0.5, 0.6) is 0 Å². The van der Waals surface area contributed by atoms with Crippen molar-refractivity contribution >= 4 is 11.8 Å². The predicted molar refractivity (Wildman–Crippen MR) is 75.1 cm³/mol. The van der Waals surface area contributed by atoms with Crippen LogP contribution in [0, 0.1) is 11.8 Å². The molecule has 0 spiro atoms. The number of piperidine rings is 1. The molecule has 0 bridgehead atoms. The number of hydroxylamine groups is 2. The fraction of sp³-hybridized carbons (Fsp3) is 0.867. The number of rotatable bonds is 1. The monoisotopic (exact) mass is 296 g/mol. The van der Waals surface area contributed by atoms with E-state index in [9.17, 15) is 9.59 Å². The van der Waals surface area contributed by atoms with Gasteiger partial charge in [-0.15, -0.1) is 0 Å². The zero-order valence-electron chi connectivity index (χ0n) is 12.6. The first-order valence-corrected chi connectivity index (χ1v) is 7.98. The fourth-order valence-electron chi connectivity index (χ4n) is 3.66. The van der Waals surface area contributed by atoms with Crippen molar-refractivity contribution in [1.82, 2.24) is 9.96 Å². The van der Waals surface area contributed by atoms with Gasteiger partial charge in [0.25, 0.3) is 0 Å². The molecule has 21 heavy (non-hydrogen) atoms. The van der Waals surface area contributed by atoms with Crippen LogP contribution in [-0.2, 0) is 19.2 Å². The summed E-state index contributed by atoms with van der Waals surface area (Å²) in [5, 5.41) is 1.54. The van der Waals surface area contributed by atoms with Crippen LogP contribution < -0.4 is 0 Å². The first-order chi connectivity index (χ1) is 10.2. The summed E-state index contributed by atoms with van der Waals surface area (Å²) in [6.45, 7) is 4.90. The summed E-state index contributed by atoms with van der Waals surface area (Å²) in [5.74, 6) is 0.191. The molecule has 0 saturated carbocycles. The molecule has 3 atom stereocenters. The van der Waals surface area contributed by atoms with Gasteiger partial charge in [0, 0.05) is 45.0 Å². The van der Waals surface area contributed by atoms with E-state index in [4.69, 9.17) is 9.57 Å². The molecule has 3 aliphatic rings. The molecule has 0 aromatic carbocycles. The number of carbonyl (C=O) groups is 2. The number of nitrogens with zero attached hydrogens (tertiary/aromatic N) is 2. The molecule has 6 nitrogen and oxygen atoms in total. The quantitative estimate of drug-likeness (QED) is 0.718. The Labute approximate surface area is 125 Å². The molecule has 118 valence electrons. The average molecular weight is 296 g/mol. The normalized spacial score (nSPS) is 33.5. The fourth-order valence-corrected chi connectivity index (χ4v) is 3.66. The standard InChI is InChI=1S/C15H24N2O4/c1-11(18)16-7-4-14-13(10-16)12(5-9-20-14)15(19)17-6-2-3-8-21-17/h12-14H,2-10H2,1H3/t12-,13+,14-/m0/s1. The van der Waals surface area contributed by atoms with Gasteiger partial charge in [-0.05, 0) is 25.7 Å². The van der Waals surface area contributed by atoms with Gasteiger partial charge in [-0.1, -0.05) is 0 Å². The molecular formula is C15H24N2O4. The summed E-state index contributed by atoms with van der Waals surface area (Å²) in [6.07, 6.45) is 3.68. The molecule has 0 unspecified atom stereocenters. The highest BCUT2D eigenvalue weighted by atomic mass is 16.7. The molecule has 3 rings (SSSR count). The number of fused-ring (bicyclic) bond motifs is 1. The largest absolute Gasteiger partial charge is 0.378 e. The van der Waals surface area contributed by atoms with Gasteiger partial charge in [0.05, 0.1) is 12.7 Å². The highest BCUT2D eigenvalue weighted by molar-refractivity contribution is 5.79. The number of ether oxygens (including phenoxy) is 1. The predicted octanol–water partition coefficient (Wildman–Crippen LogP) is 0.814. The van der Waals surface area contributed by atoms with Gasteiger partial charge in [0.1, 0.15) is 0 Å². The first-order valence-electron chi connectivity index (χ1n) is 7.98. The molecule has 3 saturated heterocycles. The molecule has 3 aliphatic heterocycles. The van der Waals surface area contributed by atoms with Gasteiger partial charge in [-0.25, -0.2) is 5.06 Å². The molecule has 0 aromatic rings. The Bertz CT molecular complexity index is 408. The van der Waals surface area contributed by atoms with Crippen LogP contribution in [0.1, 0.15) is 32.6 Å². The van der Waals surface area contributed by atoms with Crippen LogP contribution >= 0.6 is 0 Å². The maximum atomic E-state index is 12.7. The van der Waals surface area contributed by atoms with E-state index in [0.717, 1.165) is 32.2 Å². The second-order valence-electron chi connectivity index (χ2n) is 6.20. The van der Waals surface area contributed by atoms with E-state index in [-0.39, 0.29) is 29.8 Å². The van der Waals surface area contributed by atoms with Crippen molar-refractivity contribution in [2.24, 2.45) is 11.8 Å². The Hall–Kier alpha value is -1.14. The molecule has 3 heterocycles. The molecule has 0 N–H and O–H groups in total. The second-order valence-corrected chi connectivity index (χ2v) is 6.20. The molecule has 0 aromatic heterocycles. The van der Waals surface area contributed by atoms with Crippen molar-refractivity contribution < 1.29 is 19.2 Å². The maximum absolute atomic E-state index is 12.7. The Morgan fingerprint density at radius 2 is 1.95 bits per heavy atom. The van der Waals surface area contributed by atoms with Crippen molar-refractivity contribution in [3.05, 3.63) is 0 Å². The second kappa shape index (κ2) is 6.32. The van der Waals surface area contributed by atoms with E-state index in [2.05, 4.69) is 0 Å². The topological polar surface area (TPSA) is 59.1 Å². The number of hydrogen-bond acceptors (Lipinski definition) is 4. The van der Waals surface area contributed by atoms with Gasteiger partial charge in [0.2, 0.25) is 11.8 Å². The lowest BCUT2D eigenvalue weighted by molar-refractivity contribution is -0.210. The minimum Gasteiger partial charge on any atom is -0.378 e. The lowest BCUT2D eigenvalue weighted by atomic mass is 9.79. The number of likely N-dealkylation sites (tertiary alicyclic amines) is 1. The van der Waals surface area contributed by atoms with Crippen LogP contribution in [0.2, 0.25) is 0 Å². The summed E-state index contributed by atoms with van der Waals surface area (Å²) in [4.78, 5) is 31.7. The van der Waals surface area contributed by atoms with E-state index >= 15 is 0 Å². The van der Waals surface area contributed by atoms with Crippen molar-refractivity contribution in [3.8, 4) is 0 Å². The molecule has 0 radical (unpaired) electrons. The third kappa shape index (κ3) is 3.06. The maximum Gasteiger partial charge on any atom is 0.249 e. The zero-order valence-corrected chi connectivity index (χ0v) is 12.6. The SMILES string of the molecule is CC(=O)N1CC[C@@H]2OCC[C@H](C(=O)N3CCCCO3)[C@H]2C1. The van der Waals surface area contributed by atoms with Gasteiger partial charge in [0.15, 0.2) is 0 Å². The third-order valence-corrected chi connectivity index (χ3v) is 4.88. The van der Waals surface area contributed by atoms with Gasteiger partial charge < -0.3 is 9.64 Å². The first kappa shape index (κ1) is 14.8. The van der Waals surface area contributed by atoms with E-state index in [1.165, 1.54) is 0 Å². The zero-order chi connectivity index (χ0) is 14.8. The molecule has 6 heteroatoms. The number of carbonyl (C=O) groups excluding carboxylic acids is 2. The van der Waals surface area contributed by atoms with Crippen molar-refractivity contribution in [2.45, 2.75) is 38.7 Å². The summed E-state index contributed by atoms with van der Waals surface area (Å²) < 4.78 is 5.83. The molecule has 2 amide bonds. The van der Waals surface area contributed by atoms with Gasteiger partial charge in [-0.2, -0.15) is 0 Å². The smallest absolute Gasteiger partial charge is 0.249 e. The Morgan fingerprint density at radius 3 is 2.67 bits per heavy atom. The van der Waals surface area contributed by atoms with Crippen molar-refractivity contribution in [2.75, 3.05) is 32.8 Å². The van der Waals surface area contributed by atoms with Crippen LogP contribution in [-0.4, -0.2) is 60.7 Å². The minimum atomic E-state index is -0.0796. The molecule has 0 aliphatic carbocycles. The summed E-state index contributed by atoms with van der Waals surface area (Å²) in [7, 11) is 0. The van der Waals surface area contributed by atoms with E-state index < -0.39 is 0 Å². The van der Waals surface area contributed by atoms with E-state index in [0.29, 0.717) is 26.3 Å². The lowest BCUT2D eigenvalue weighted by Crippen LogP contribution is -2.55. The average Bonchev–Trinajstić information content (AvgIpc) is 2.54. The van der Waals surface area contributed by atoms with Crippen LogP contribution in [0.15, 0.2) is 0 Å². The van der Waals surface area contributed by atoms with E-state index in [1.807, 2.05) is 4.90 Å². The van der Waals surface area contributed by atoms with Crippen LogP contribution in [0.25, 0.3) is 0 Å². The third-order valence-electron chi connectivity index (χ3n) is 4.88. The molecule has 3 fully saturated rings. The number of hydrogen-bond donors (Lipinski definition) is 0. The van der Waals surface area contributed by atoms with Crippen molar-refractivity contribution in [3.63, 3.8) is 0 Å². The molecular weight excluding hydrogens is 272 g/mol. The van der Waals surface area contributed by atoms with Crippen molar-refractivity contribution in [1.29, 1.82) is 0 Å². The lowest BCUT2D eigenvalue weighted by Gasteiger charge is -2.45. The van der Waals surface area contributed by atoms with E-state index in [1.54, 1.807) is 12.0 Å².